The van der Waals surface area contributed by atoms with Gasteiger partial charge < -0.3 is 0 Å². The van der Waals surface area contributed by atoms with Crippen LogP contribution in [0.3, 0.4) is 0 Å². The van der Waals surface area contributed by atoms with E-state index in [1.54, 1.807) is 0 Å². The number of aryl methyl sites for hydroxylation is 2. The lowest BCUT2D eigenvalue weighted by Crippen LogP contribution is -2.05. The Morgan fingerprint density at radius 3 is 0.962 bits per heavy atom. The SMILES string of the molecule is c1cccc2c(cc1)c1ccc3c4ccc5c(ccc4c3ccc21)CC5. The average Bonchev–Trinajstić information content (AvgIpc) is 2.58. The summed E-state index contributed by atoms with van der Waals surface area (Å²) in [5.74, 6) is 0. The molecule has 0 aliphatic heterocycles. The summed E-state index contributed by atoms with van der Waals surface area (Å²) in [5.41, 5.74) is 3.01. The summed E-state index contributed by atoms with van der Waals surface area (Å²) >= 11 is 0. The standard InChI is InChI=1S/C26H18/c1-2-4-6-20-19(5-3-1)23-13-15-25-21-11-9-17-7-8-18(17)10-12-22(21)26(25)16-14-24(20)23/h1-6,9-16H,7-8H2. The van der Waals surface area contributed by atoms with Crippen LogP contribution in [0.4, 0.5) is 0 Å². The van der Waals surface area contributed by atoms with Gasteiger partial charge in [0, 0.05) is 0 Å². The first-order valence-corrected chi connectivity index (χ1v) is 9.34. The number of fused-ring (bicyclic) bond motifs is 9. The molecule has 0 unspecified atom stereocenters. The van der Waals surface area contributed by atoms with Gasteiger partial charge in [-0.2, -0.15) is 0 Å². The molecular weight excluding hydrogens is 312 g/mol. The van der Waals surface area contributed by atoms with Crippen molar-refractivity contribution in [1.29, 1.82) is 0 Å². The van der Waals surface area contributed by atoms with Gasteiger partial charge in [-0.3, -0.25) is 0 Å². The summed E-state index contributed by atoms with van der Waals surface area (Å²) < 4.78 is 0. The second-order valence-corrected chi connectivity index (χ2v) is 7.30. The van der Waals surface area contributed by atoms with Crippen LogP contribution in [0.2, 0.25) is 0 Å². The minimum atomic E-state index is 1.22. The first-order valence-electron chi connectivity index (χ1n) is 9.34. The van der Waals surface area contributed by atoms with Gasteiger partial charge in [-0.15, -0.1) is 0 Å². The van der Waals surface area contributed by atoms with E-state index in [-0.39, 0.29) is 0 Å². The highest BCUT2D eigenvalue weighted by Crippen LogP contribution is 2.38. The van der Waals surface area contributed by atoms with Gasteiger partial charge in [0.25, 0.3) is 0 Å². The van der Waals surface area contributed by atoms with E-state index >= 15 is 0 Å². The highest BCUT2D eigenvalue weighted by Gasteiger charge is 2.13. The third-order valence-corrected chi connectivity index (χ3v) is 5.99. The third kappa shape index (κ3) is 1.84. The van der Waals surface area contributed by atoms with Crippen molar-refractivity contribution in [3.05, 3.63) is 96.1 Å². The minimum absolute atomic E-state index is 1.22. The lowest BCUT2D eigenvalue weighted by molar-refractivity contribution is 0.843. The largest absolute Gasteiger partial charge is 0.0622 e. The zero-order chi connectivity index (χ0) is 17.1. The lowest BCUT2D eigenvalue weighted by atomic mass is 9.87. The molecule has 122 valence electrons. The molecule has 0 aromatic heterocycles. The smallest absolute Gasteiger partial charge is 0.00987 e. The van der Waals surface area contributed by atoms with Crippen LogP contribution in [0, 0.1) is 0 Å². The van der Waals surface area contributed by atoms with Crippen molar-refractivity contribution in [1.82, 2.24) is 0 Å². The van der Waals surface area contributed by atoms with Crippen LogP contribution < -0.4 is 0 Å². The van der Waals surface area contributed by atoms with Gasteiger partial charge in [0.2, 0.25) is 0 Å². The van der Waals surface area contributed by atoms with Crippen LogP contribution in [0.1, 0.15) is 11.1 Å². The fourth-order valence-electron chi connectivity index (χ4n) is 4.40. The van der Waals surface area contributed by atoms with Gasteiger partial charge in [-0.05, 0) is 67.1 Å². The zero-order valence-corrected chi connectivity index (χ0v) is 14.5. The van der Waals surface area contributed by atoms with Crippen LogP contribution in [0.5, 0.6) is 0 Å². The van der Waals surface area contributed by atoms with Crippen molar-refractivity contribution in [2.75, 3.05) is 0 Å². The second kappa shape index (κ2) is 5.19. The van der Waals surface area contributed by atoms with Crippen molar-refractivity contribution in [3.8, 4) is 0 Å². The molecule has 6 rings (SSSR count). The Kier molecular flexibility index (Phi) is 2.81. The molecule has 0 bridgehead atoms. The first kappa shape index (κ1) is 14.1. The summed E-state index contributed by atoms with van der Waals surface area (Å²) in [6.07, 6.45) is 2.45. The van der Waals surface area contributed by atoms with Gasteiger partial charge in [0.1, 0.15) is 0 Å². The van der Waals surface area contributed by atoms with Crippen molar-refractivity contribution in [2.45, 2.75) is 12.8 Å². The maximum absolute atomic E-state index is 2.32. The highest BCUT2D eigenvalue weighted by atomic mass is 14.2. The number of hydrogen-bond acceptors (Lipinski definition) is 0. The summed E-state index contributed by atoms with van der Waals surface area (Å²) in [4.78, 5) is 0. The monoisotopic (exact) mass is 330 g/mol. The third-order valence-electron chi connectivity index (χ3n) is 5.99. The molecule has 5 aromatic rings. The summed E-state index contributed by atoms with van der Waals surface area (Å²) in [6.45, 7) is 0. The van der Waals surface area contributed by atoms with Crippen molar-refractivity contribution in [3.63, 3.8) is 0 Å². The van der Waals surface area contributed by atoms with Crippen LogP contribution >= 0.6 is 0 Å². The van der Waals surface area contributed by atoms with E-state index in [0.29, 0.717) is 0 Å². The summed E-state index contributed by atoms with van der Waals surface area (Å²) in [6, 6.07) is 31.3. The Labute approximate surface area is 152 Å². The lowest BCUT2D eigenvalue weighted by Gasteiger charge is -2.18. The minimum Gasteiger partial charge on any atom is -0.0622 e. The number of hydrogen-bond donors (Lipinski definition) is 0. The molecule has 5 aromatic carbocycles. The predicted molar refractivity (Wildman–Crippen MR) is 113 cm³/mol. The van der Waals surface area contributed by atoms with E-state index in [2.05, 4.69) is 84.9 Å². The molecule has 0 spiro atoms. The van der Waals surface area contributed by atoms with Crippen LogP contribution in [0.15, 0.2) is 84.9 Å². The van der Waals surface area contributed by atoms with Crippen LogP contribution in [-0.2, 0) is 12.8 Å². The van der Waals surface area contributed by atoms with Crippen molar-refractivity contribution < 1.29 is 0 Å². The van der Waals surface area contributed by atoms with E-state index in [4.69, 9.17) is 0 Å². The maximum Gasteiger partial charge on any atom is -0.00987 e. The molecule has 1 aliphatic rings. The molecule has 0 fully saturated rings. The Morgan fingerprint density at radius 1 is 0.308 bits per heavy atom. The molecule has 0 heterocycles. The van der Waals surface area contributed by atoms with Crippen LogP contribution in [0.25, 0.3) is 43.1 Å². The maximum atomic E-state index is 2.32. The van der Waals surface area contributed by atoms with E-state index in [1.165, 1.54) is 67.1 Å². The van der Waals surface area contributed by atoms with Crippen LogP contribution in [-0.4, -0.2) is 0 Å². The highest BCUT2D eigenvalue weighted by molar-refractivity contribution is 6.28. The molecule has 0 nitrogen and oxygen atoms in total. The van der Waals surface area contributed by atoms with E-state index in [9.17, 15) is 0 Å². The molecule has 26 heavy (non-hydrogen) atoms. The number of rotatable bonds is 0. The van der Waals surface area contributed by atoms with E-state index in [0.717, 1.165) is 0 Å². The van der Waals surface area contributed by atoms with Gasteiger partial charge >= 0.3 is 0 Å². The summed E-state index contributed by atoms with van der Waals surface area (Å²) in [5, 5.41) is 10.9. The Morgan fingerprint density at radius 2 is 0.615 bits per heavy atom. The van der Waals surface area contributed by atoms with Gasteiger partial charge in [-0.25, -0.2) is 0 Å². The molecule has 0 saturated heterocycles. The fourth-order valence-corrected chi connectivity index (χ4v) is 4.40. The summed E-state index contributed by atoms with van der Waals surface area (Å²) in [7, 11) is 0. The van der Waals surface area contributed by atoms with Crippen molar-refractivity contribution in [2.24, 2.45) is 0 Å². The molecule has 0 amide bonds. The Hall–Kier alpha value is -3.12. The van der Waals surface area contributed by atoms with E-state index in [1.807, 2.05) is 0 Å². The second-order valence-electron chi connectivity index (χ2n) is 7.30. The fraction of sp³-hybridized carbons (Fsp3) is 0.0769. The molecule has 0 radical (unpaired) electrons. The molecule has 1 aliphatic carbocycles. The van der Waals surface area contributed by atoms with Gasteiger partial charge in [0.05, 0.1) is 0 Å². The quantitative estimate of drug-likeness (QED) is 0.288. The molecule has 0 heteroatoms. The topological polar surface area (TPSA) is 0 Å². The van der Waals surface area contributed by atoms with Crippen molar-refractivity contribution >= 4 is 43.1 Å². The van der Waals surface area contributed by atoms with E-state index < -0.39 is 0 Å². The predicted octanol–water partition coefficient (Wildman–Crippen LogP) is 6.96. The molecule has 0 atom stereocenters. The Bertz CT molecular complexity index is 1270. The van der Waals surface area contributed by atoms with Gasteiger partial charge in [0.15, 0.2) is 0 Å². The Balaban J connectivity index is 1.69. The zero-order valence-electron chi connectivity index (χ0n) is 14.5. The normalized spacial score (nSPS) is 13.1. The van der Waals surface area contributed by atoms with Gasteiger partial charge in [-0.1, -0.05) is 84.9 Å². The first-order chi connectivity index (χ1) is 12.9. The molecule has 0 saturated carbocycles. The molecular formula is C26H18. The molecule has 0 N–H and O–H groups in total. The average molecular weight is 330 g/mol.